The third-order valence-electron chi connectivity index (χ3n) is 6.18. The molecule has 2 aliphatic rings. The number of piperidine rings is 1. The van der Waals surface area contributed by atoms with Gasteiger partial charge in [0.25, 0.3) is 0 Å². The number of aromatic nitrogens is 1. The number of hydrogen-bond donors (Lipinski definition) is 0. The van der Waals surface area contributed by atoms with Crippen molar-refractivity contribution in [1.82, 2.24) is 9.88 Å². The number of oxazole rings is 1. The molecule has 0 bridgehead atoms. The number of halogens is 1. The summed E-state index contributed by atoms with van der Waals surface area (Å²) in [5.74, 6) is 1.15. The first-order valence-corrected chi connectivity index (χ1v) is 9.86. The Hall–Kier alpha value is -2.72. The highest BCUT2D eigenvalue weighted by Gasteiger charge is 2.37. The van der Waals surface area contributed by atoms with Gasteiger partial charge in [0.2, 0.25) is 5.89 Å². The third kappa shape index (κ3) is 2.98. The predicted octanol–water partition coefficient (Wildman–Crippen LogP) is 5.35. The van der Waals surface area contributed by atoms with E-state index in [-0.39, 0.29) is 11.2 Å². The predicted molar refractivity (Wildman–Crippen MR) is 108 cm³/mol. The van der Waals surface area contributed by atoms with E-state index in [2.05, 4.69) is 46.3 Å². The van der Waals surface area contributed by atoms with Gasteiger partial charge in [-0.3, -0.25) is 4.90 Å². The summed E-state index contributed by atoms with van der Waals surface area (Å²) in [6, 6.07) is 15.0. The van der Waals surface area contributed by atoms with Crippen LogP contribution in [0.2, 0.25) is 0 Å². The number of hydrogen-bond acceptors (Lipinski definition) is 3. The Balaban J connectivity index is 1.29. The van der Waals surface area contributed by atoms with E-state index in [0.29, 0.717) is 5.89 Å². The van der Waals surface area contributed by atoms with Crippen molar-refractivity contribution in [3.63, 3.8) is 0 Å². The Kier molecular flexibility index (Phi) is 4.17. The van der Waals surface area contributed by atoms with Gasteiger partial charge in [-0.25, -0.2) is 9.37 Å². The summed E-state index contributed by atoms with van der Waals surface area (Å²) >= 11 is 0. The molecule has 0 saturated carbocycles. The van der Waals surface area contributed by atoms with Crippen molar-refractivity contribution < 1.29 is 8.81 Å². The van der Waals surface area contributed by atoms with Gasteiger partial charge < -0.3 is 4.42 Å². The van der Waals surface area contributed by atoms with Gasteiger partial charge in [0.1, 0.15) is 11.6 Å². The lowest BCUT2D eigenvalue weighted by molar-refractivity contribution is 0.175. The highest BCUT2D eigenvalue weighted by molar-refractivity contribution is 5.65. The second-order valence-electron chi connectivity index (χ2n) is 7.88. The summed E-state index contributed by atoms with van der Waals surface area (Å²) in [5, 5.41) is 0. The van der Waals surface area contributed by atoms with Crippen LogP contribution in [0.1, 0.15) is 35.4 Å². The molecular weight excluding hydrogens is 351 g/mol. The zero-order valence-corrected chi connectivity index (χ0v) is 16.0. The van der Waals surface area contributed by atoms with Crippen molar-refractivity contribution in [3.05, 3.63) is 83.0 Å². The molecule has 4 heteroatoms. The van der Waals surface area contributed by atoms with Gasteiger partial charge in [-0.1, -0.05) is 36.4 Å². The molecule has 1 fully saturated rings. The molecule has 1 spiro atoms. The van der Waals surface area contributed by atoms with E-state index in [1.165, 1.54) is 23.3 Å². The van der Waals surface area contributed by atoms with Crippen LogP contribution in [-0.2, 0) is 12.0 Å². The zero-order chi connectivity index (χ0) is 19.1. The molecule has 0 unspecified atom stereocenters. The number of allylic oxidation sites excluding steroid dienone is 1. The first-order valence-electron chi connectivity index (χ1n) is 9.86. The number of benzene rings is 2. The van der Waals surface area contributed by atoms with E-state index in [1.54, 1.807) is 12.1 Å². The fourth-order valence-corrected chi connectivity index (χ4v) is 4.48. The number of nitrogens with zero attached hydrogens (tertiary/aromatic N) is 2. The molecule has 0 atom stereocenters. The first kappa shape index (κ1) is 17.4. The SMILES string of the molecule is Cc1oc(-c2ccc(F)cc2)nc1CN1CCC2(C=Cc3ccccc32)CC1. The van der Waals surface area contributed by atoms with E-state index >= 15 is 0 Å². The molecule has 0 amide bonds. The van der Waals surface area contributed by atoms with Crippen LogP contribution < -0.4 is 0 Å². The maximum absolute atomic E-state index is 13.2. The lowest BCUT2D eigenvalue weighted by Crippen LogP contribution is -2.40. The summed E-state index contributed by atoms with van der Waals surface area (Å²) in [5.41, 5.74) is 4.82. The van der Waals surface area contributed by atoms with Crippen molar-refractivity contribution in [1.29, 1.82) is 0 Å². The summed E-state index contributed by atoms with van der Waals surface area (Å²) in [6.07, 6.45) is 6.94. The minimum atomic E-state index is -0.253. The van der Waals surface area contributed by atoms with Gasteiger partial charge >= 0.3 is 0 Å². The molecule has 1 aromatic heterocycles. The normalized spacial score (nSPS) is 17.9. The summed E-state index contributed by atoms with van der Waals surface area (Å²) in [6.45, 7) is 4.82. The Labute approximate surface area is 164 Å². The van der Waals surface area contributed by atoms with Crippen molar-refractivity contribution >= 4 is 6.08 Å². The van der Waals surface area contributed by atoms with Crippen LogP contribution in [0.4, 0.5) is 4.39 Å². The minimum absolute atomic E-state index is 0.200. The third-order valence-corrected chi connectivity index (χ3v) is 6.18. The number of aryl methyl sites for hydroxylation is 1. The molecular formula is C24H23FN2O. The standard InChI is InChI=1S/C24H23FN2O/c1-17-22(26-23(28-17)19-6-8-20(25)9-7-19)16-27-14-12-24(13-15-27)11-10-18-4-2-3-5-21(18)24/h2-11H,12-16H2,1H3. The lowest BCUT2D eigenvalue weighted by atomic mass is 9.74. The van der Waals surface area contributed by atoms with E-state index < -0.39 is 0 Å². The van der Waals surface area contributed by atoms with Crippen LogP contribution in [0.25, 0.3) is 17.5 Å². The van der Waals surface area contributed by atoms with Crippen molar-refractivity contribution in [2.75, 3.05) is 13.1 Å². The Bertz CT molecular complexity index is 1030. The van der Waals surface area contributed by atoms with E-state index in [0.717, 1.165) is 49.5 Å². The number of likely N-dealkylation sites (tertiary alicyclic amines) is 1. The second kappa shape index (κ2) is 6.71. The van der Waals surface area contributed by atoms with Gasteiger partial charge in [-0.15, -0.1) is 0 Å². The maximum atomic E-state index is 13.2. The summed E-state index contributed by atoms with van der Waals surface area (Å²) < 4.78 is 19.0. The monoisotopic (exact) mass is 374 g/mol. The first-order chi connectivity index (χ1) is 13.6. The number of rotatable bonds is 3. The van der Waals surface area contributed by atoms with E-state index in [9.17, 15) is 4.39 Å². The maximum Gasteiger partial charge on any atom is 0.226 e. The molecule has 3 aromatic rings. The summed E-state index contributed by atoms with van der Waals surface area (Å²) in [7, 11) is 0. The fraction of sp³-hybridized carbons (Fsp3) is 0.292. The number of fused-ring (bicyclic) bond motifs is 2. The zero-order valence-electron chi connectivity index (χ0n) is 16.0. The molecule has 0 N–H and O–H groups in total. The van der Waals surface area contributed by atoms with Crippen LogP contribution >= 0.6 is 0 Å². The van der Waals surface area contributed by atoms with Gasteiger partial charge in [-0.05, 0) is 68.2 Å². The topological polar surface area (TPSA) is 29.3 Å². The molecule has 28 heavy (non-hydrogen) atoms. The van der Waals surface area contributed by atoms with Gasteiger partial charge in [0.15, 0.2) is 0 Å². The molecule has 1 aliphatic carbocycles. The van der Waals surface area contributed by atoms with Crippen LogP contribution in [0.5, 0.6) is 0 Å². The van der Waals surface area contributed by atoms with E-state index in [4.69, 9.17) is 4.42 Å². The van der Waals surface area contributed by atoms with Gasteiger partial charge in [0, 0.05) is 17.5 Å². The van der Waals surface area contributed by atoms with Crippen molar-refractivity contribution in [2.45, 2.75) is 31.7 Å². The largest absolute Gasteiger partial charge is 0.441 e. The quantitative estimate of drug-likeness (QED) is 0.619. The van der Waals surface area contributed by atoms with Crippen LogP contribution in [0.15, 0.2) is 59.0 Å². The molecule has 0 radical (unpaired) electrons. The minimum Gasteiger partial charge on any atom is -0.441 e. The molecule has 3 nitrogen and oxygen atoms in total. The summed E-state index contributed by atoms with van der Waals surface area (Å²) in [4.78, 5) is 7.14. The molecule has 1 saturated heterocycles. The highest BCUT2D eigenvalue weighted by atomic mass is 19.1. The second-order valence-corrected chi connectivity index (χ2v) is 7.88. The lowest BCUT2D eigenvalue weighted by Gasteiger charge is -2.39. The van der Waals surface area contributed by atoms with Gasteiger partial charge in [0.05, 0.1) is 5.69 Å². The van der Waals surface area contributed by atoms with Crippen LogP contribution in [0, 0.1) is 12.7 Å². The molecule has 5 rings (SSSR count). The molecule has 2 heterocycles. The molecule has 2 aromatic carbocycles. The van der Waals surface area contributed by atoms with Crippen LogP contribution in [0.3, 0.4) is 0 Å². The Morgan fingerprint density at radius 2 is 1.82 bits per heavy atom. The Morgan fingerprint density at radius 1 is 1.07 bits per heavy atom. The van der Waals surface area contributed by atoms with Crippen molar-refractivity contribution in [3.8, 4) is 11.5 Å². The molecule has 1 aliphatic heterocycles. The molecule has 142 valence electrons. The van der Waals surface area contributed by atoms with E-state index in [1.807, 2.05) is 6.92 Å². The van der Waals surface area contributed by atoms with Gasteiger partial charge in [-0.2, -0.15) is 0 Å². The highest BCUT2D eigenvalue weighted by Crippen LogP contribution is 2.43. The van der Waals surface area contributed by atoms with Crippen LogP contribution in [-0.4, -0.2) is 23.0 Å². The Morgan fingerprint density at radius 3 is 2.61 bits per heavy atom. The fourth-order valence-electron chi connectivity index (χ4n) is 4.48. The average molecular weight is 374 g/mol. The smallest absolute Gasteiger partial charge is 0.226 e. The average Bonchev–Trinajstić information content (AvgIpc) is 3.26. The van der Waals surface area contributed by atoms with Crippen molar-refractivity contribution in [2.24, 2.45) is 0 Å².